The molecule has 4 nitrogen and oxygen atoms in total. The van der Waals surface area contributed by atoms with Crippen molar-refractivity contribution in [2.24, 2.45) is 0 Å². The summed E-state index contributed by atoms with van der Waals surface area (Å²) in [4.78, 5) is 13.1. The lowest BCUT2D eigenvalue weighted by Gasteiger charge is -2.31. The number of rotatable bonds is 8. The smallest absolute Gasteiger partial charge is 0.152 e. The largest absolute Gasteiger partial charge is 0.383 e. The van der Waals surface area contributed by atoms with Crippen LogP contribution >= 0.6 is 0 Å². The minimum Gasteiger partial charge on any atom is -0.383 e. The van der Waals surface area contributed by atoms with Crippen LogP contribution in [-0.2, 0) is 9.47 Å². The molecule has 1 rings (SSSR count). The van der Waals surface area contributed by atoms with Gasteiger partial charge in [-0.15, -0.1) is 0 Å². The van der Waals surface area contributed by atoms with Crippen LogP contribution in [0.3, 0.4) is 0 Å². The zero-order chi connectivity index (χ0) is 14.3. The van der Waals surface area contributed by atoms with Crippen molar-refractivity contribution in [3.8, 4) is 0 Å². The first-order valence-electron chi connectivity index (χ1n) is 6.13. The second-order valence-corrected chi connectivity index (χ2v) is 4.31. The minimum atomic E-state index is -0.420. The van der Waals surface area contributed by atoms with Crippen LogP contribution in [0, 0.1) is 5.82 Å². The predicted molar refractivity (Wildman–Crippen MR) is 72.3 cm³/mol. The zero-order valence-electron chi connectivity index (χ0n) is 11.6. The Bertz CT molecular complexity index is 412. The molecule has 0 aliphatic carbocycles. The van der Waals surface area contributed by atoms with Gasteiger partial charge in [0.15, 0.2) is 6.29 Å². The van der Waals surface area contributed by atoms with Gasteiger partial charge in [0, 0.05) is 38.1 Å². The van der Waals surface area contributed by atoms with Gasteiger partial charge in [0.1, 0.15) is 5.82 Å². The molecule has 0 spiro atoms. The van der Waals surface area contributed by atoms with Gasteiger partial charge in [0.25, 0.3) is 0 Å². The van der Waals surface area contributed by atoms with Crippen molar-refractivity contribution in [2.45, 2.75) is 13.0 Å². The lowest BCUT2D eigenvalue weighted by Crippen LogP contribution is -2.39. The molecule has 5 heteroatoms. The molecule has 1 aromatic rings. The van der Waals surface area contributed by atoms with Crippen LogP contribution in [0.5, 0.6) is 0 Å². The molecule has 0 fully saturated rings. The molecule has 0 saturated carbocycles. The maximum Gasteiger partial charge on any atom is 0.152 e. The molecule has 0 radical (unpaired) electrons. The van der Waals surface area contributed by atoms with Crippen LogP contribution in [0.2, 0.25) is 0 Å². The molecular weight excluding hydrogens is 249 g/mol. The Labute approximate surface area is 113 Å². The third-order valence-electron chi connectivity index (χ3n) is 2.90. The average Bonchev–Trinajstić information content (AvgIpc) is 2.40. The highest BCUT2D eigenvalue weighted by molar-refractivity contribution is 5.84. The Morgan fingerprint density at radius 2 is 2.11 bits per heavy atom. The number of carbonyl (C=O) groups is 1. The van der Waals surface area contributed by atoms with Gasteiger partial charge in [-0.3, -0.25) is 4.79 Å². The fourth-order valence-corrected chi connectivity index (χ4v) is 1.98. The molecule has 0 aliphatic heterocycles. The molecular formula is C14H20FNO3. The number of anilines is 1. The summed E-state index contributed by atoms with van der Waals surface area (Å²) in [6.45, 7) is 3.62. The molecule has 1 aromatic carbocycles. The second-order valence-electron chi connectivity index (χ2n) is 4.31. The molecule has 0 amide bonds. The number of nitrogens with zero attached hydrogens (tertiary/aromatic N) is 1. The number of hydrogen-bond acceptors (Lipinski definition) is 4. The predicted octanol–water partition coefficient (Wildman–Crippen LogP) is 2.13. The standard InChI is InChI=1S/C14H20FNO3/c1-11(10-19-3)16(6-7-18-2)14-5-4-13(15)8-12(14)9-17/h4-5,8-9,11H,6-7,10H2,1-3H3. The van der Waals surface area contributed by atoms with Crippen LogP contribution in [0.25, 0.3) is 0 Å². The number of benzene rings is 1. The van der Waals surface area contributed by atoms with Crippen molar-refractivity contribution in [1.29, 1.82) is 0 Å². The molecule has 1 unspecified atom stereocenters. The minimum absolute atomic E-state index is 0.0595. The zero-order valence-corrected chi connectivity index (χ0v) is 11.6. The van der Waals surface area contributed by atoms with Gasteiger partial charge in [-0.2, -0.15) is 0 Å². The topological polar surface area (TPSA) is 38.8 Å². The van der Waals surface area contributed by atoms with Gasteiger partial charge in [0.05, 0.1) is 13.2 Å². The van der Waals surface area contributed by atoms with Crippen LogP contribution in [-0.4, -0.2) is 46.3 Å². The van der Waals surface area contributed by atoms with Gasteiger partial charge in [-0.05, 0) is 25.1 Å². The maximum absolute atomic E-state index is 13.2. The highest BCUT2D eigenvalue weighted by Crippen LogP contribution is 2.22. The van der Waals surface area contributed by atoms with Crippen molar-refractivity contribution in [2.75, 3.05) is 38.9 Å². The normalized spacial score (nSPS) is 12.2. The van der Waals surface area contributed by atoms with E-state index in [0.717, 1.165) is 0 Å². The summed E-state index contributed by atoms with van der Waals surface area (Å²) in [6, 6.07) is 4.26. The van der Waals surface area contributed by atoms with Gasteiger partial charge in [0.2, 0.25) is 0 Å². The van der Waals surface area contributed by atoms with Crippen LogP contribution in [0.1, 0.15) is 17.3 Å². The third-order valence-corrected chi connectivity index (χ3v) is 2.90. The van der Waals surface area contributed by atoms with Crippen molar-refractivity contribution >= 4 is 12.0 Å². The monoisotopic (exact) mass is 269 g/mol. The van der Waals surface area contributed by atoms with Crippen LogP contribution in [0.15, 0.2) is 18.2 Å². The van der Waals surface area contributed by atoms with E-state index in [2.05, 4.69) is 0 Å². The Kier molecular flexibility index (Phi) is 6.45. The van der Waals surface area contributed by atoms with E-state index in [1.165, 1.54) is 12.1 Å². The quantitative estimate of drug-likeness (QED) is 0.678. The summed E-state index contributed by atoms with van der Waals surface area (Å²) in [5, 5.41) is 0. The van der Waals surface area contributed by atoms with E-state index in [0.29, 0.717) is 37.3 Å². The second kappa shape index (κ2) is 7.86. The van der Waals surface area contributed by atoms with Crippen molar-refractivity contribution in [1.82, 2.24) is 0 Å². The first-order valence-corrected chi connectivity index (χ1v) is 6.13. The first-order chi connectivity index (χ1) is 9.13. The Morgan fingerprint density at radius 3 is 2.68 bits per heavy atom. The Balaban J connectivity index is 3.04. The Hall–Kier alpha value is -1.46. The molecule has 0 saturated heterocycles. The molecule has 0 heterocycles. The molecule has 0 bridgehead atoms. The average molecular weight is 269 g/mol. The fraction of sp³-hybridized carbons (Fsp3) is 0.500. The fourth-order valence-electron chi connectivity index (χ4n) is 1.98. The van der Waals surface area contributed by atoms with E-state index in [1.54, 1.807) is 20.3 Å². The van der Waals surface area contributed by atoms with Crippen LogP contribution in [0.4, 0.5) is 10.1 Å². The number of hydrogen-bond donors (Lipinski definition) is 0. The summed E-state index contributed by atoms with van der Waals surface area (Å²) >= 11 is 0. The van der Waals surface area contributed by atoms with E-state index in [1.807, 2.05) is 11.8 Å². The van der Waals surface area contributed by atoms with E-state index in [-0.39, 0.29) is 6.04 Å². The number of halogens is 1. The SMILES string of the molecule is COCCN(c1ccc(F)cc1C=O)C(C)COC. The number of aldehydes is 1. The van der Waals surface area contributed by atoms with Gasteiger partial charge in [-0.1, -0.05) is 0 Å². The molecule has 0 N–H and O–H groups in total. The molecule has 19 heavy (non-hydrogen) atoms. The van der Waals surface area contributed by atoms with Crippen molar-refractivity contribution < 1.29 is 18.7 Å². The third kappa shape index (κ3) is 4.29. The summed E-state index contributed by atoms with van der Waals surface area (Å²) in [5.41, 5.74) is 1.03. The van der Waals surface area contributed by atoms with Gasteiger partial charge < -0.3 is 14.4 Å². The van der Waals surface area contributed by atoms with E-state index < -0.39 is 5.82 Å². The molecule has 0 aromatic heterocycles. The van der Waals surface area contributed by atoms with Gasteiger partial charge >= 0.3 is 0 Å². The van der Waals surface area contributed by atoms with Crippen molar-refractivity contribution in [3.63, 3.8) is 0 Å². The van der Waals surface area contributed by atoms with Crippen molar-refractivity contribution in [3.05, 3.63) is 29.6 Å². The van der Waals surface area contributed by atoms with Crippen LogP contribution < -0.4 is 4.90 Å². The molecule has 1 atom stereocenters. The summed E-state index contributed by atoms with van der Waals surface area (Å²) < 4.78 is 23.4. The highest BCUT2D eigenvalue weighted by atomic mass is 19.1. The van der Waals surface area contributed by atoms with E-state index in [4.69, 9.17) is 9.47 Å². The van der Waals surface area contributed by atoms with E-state index in [9.17, 15) is 9.18 Å². The number of carbonyl (C=O) groups excluding carboxylic acids is 1. The summed E-state index contributed by atoms with van der Waals surface area (Å²) in [7, 11) is 3.24. The highest BCUT2D eigenvalue weighted by Gasteiger charge is 2.17. The van der Waals surface area contributed by atoms with Gasteiger partial charge in [-0.25, -0.2) is 4.39 Å². The number of ether oxygens (including phenoxy) is 2. The molecule has 0 aliphatic rings. The first kappa shape index (κ1) is 15.6. The summed E-state index contributed by atoms with van der Waals surface area (Å²) in [6.07, 6.45) is 0.664. The maximum atomic E-state index is 13.2. The summed E-state index contributed by atoms with van der Waals surface area (Å²) in [5.74, 6) is -0.420. The lowest BCUT2D eigenvalue weighted by atomic mass is 10.1. The number of methoxy groups -OCH3 is 2. The Morgan fingerprint density at radius 1 is 1.37 bits per heavy atom. The lowest BCUT2D eigenvalue weighted by molar-refractivity contribution is 0.112. The van der Waals surface area contributed by atoms with E-state index >= 15 is 0 Å². The molecule has 106 valence electrons.